The number of halogens is 3. The SMILES string of the molecule is NC(=O)C1(Cc2cc(CCNCC(F)F)ccc2Cl)CC1. The Morgan fingerprint density at radius 1 is 1.43 bits per heavy atom. The molecule has 3 nitrogen and oxygen atoms in total. The second kappa shape index (κ2) is 6.71. The van der Waals surface area contributed by atoms with Crippen LogP contribution in [-0.2, 0) is 17.6 Å². The second-order valence-electron chi connectivity index (χ2n) is 5.59. The second-order valence-corrected chi connectivity index (χ2v) is 6.00. The maximum absolute atomic E-state index is 12.0. The molecule has 0 spiro atoms. The van der Waals surface area contributed by atoms with Crippen LogP contribution in [-0.4, -0.2) is 25.4 Å². The van der Waals surface area contributed by atoms with E-state index in [0.717, 1.165) is 24.0 Å². The summed E-state index contributed by atoms with van der Waals surface area (Å²) in [4.78, 5) is 11.5. The number of rotatable bonds is 8. The molecule has 1 aromatic carbocycles. The van der Waals surface area contributed by atoms with E-state index in [0.29, 0.717) is 24.4 Å². The molecule has 0 atom stereocenters. The van der Waals surface area contributed by atoms with Crippen LogP contribution < -0.4 is 11.1 Å². The average molecular weight is 317 g/mol. The molecule has 1 fully saturated rings. The van der Waals surface area contributed by atoms with Crippen LogP contribution in [0.25, 0.3) is 0 Å². The number of primary amides is 1. The van der Waals surface area contributed by atoms with E-state index in [1.807, 2.05) is 12.1 Å². The molecule has 0 saturated heterocycles. The average Bonchev–Trinajstić information content (AvgIpc) is 3.19. The van der Waals surface area contributed by atoms with E-state index < -0.39 is 11.8 Å². The molecule has 1 amide bonds. The first-order chi connectivity index (χ1) is 9.93. The first-order valence-electron chi connectivity index (χ1n) is 6.99. The standard InChI is InChI=1S/C15H19ClF2N2O/c16-12-2-1-10(3-6-20-9-13(17)18)7-11(12)8-15(4-5-15)14(19)21/h1-2,7,13,20H,3-6,8-9H2,(H2,19,21). The molecule has 1 aliphatic rings. The summed E-state index contributed by atoms with van der Waals surface area (Å²) < 4.78 is 24.0. The summed E-state index contributed by atoms with van der Waals surface area (Å²) in [6.45, 7) is 0.178. The van der Waals surface area contributed by atoms with E-state index >= 15 is 0 Å². The van der Waals surface area contributed by atoms with Crippen molar-refractivity contribution in [3.63, 3.8) is 0 Å². The summed E-state index contributed by atoms with van der Waals surface area (Å²) in [5.41, 5.74) is 6.91. The molecule has 1 aromatic rings. The largest absolute Gasteiger partial charge is 0.369 e. The number of hydrogen-bond acceptors (Lipinski definition) is 2. The molecule has 6 heteroatoms. The smallest absolute Gasteiger partial charge is 0.250 e. The zero-order chi connectivity index (χ0) is 15.5. The molecular formula is C15H19ClF2N2O. The van der Waals surface area contributed by atoms with Crippen molar-refractivity contribution >= 4 is 17.5 Å². The minimum Gasteiger partial charge on any atom is -0.369 e. The molecule has 21 heavy (non-hydrogen) atoms. The predicted octanol–water partition coefficient (Wildman–Crippen LogP) is 2.55. The van der Waals surface area contributed by atoms with E-state index in [-0.39, 0.29) is 12.5 Å². The number of nitrogens with two attached hydrogens (primary N) is 1. The highest BCUT2D eigenvalue weighted by Crippen LogP contribution is 2.48. The van der Waals surface area contributed by atoms with Crippen LogP contribution in [0.5, 0.6) is 0 Å². The topological polar surface area (TPSA) is 55.1 Å². The van der Waals surface area contributed by atoms with Gasteiger partial charge in [-0.25, -0.2) is 8.78 Å². The van der Waals surface area contributed by atoms with Crippen molar-refractivity contribution in [2.24, 2.45) is 11.1 Å². The fourth-order valence-corrected chi connectivity index (χ4v) is 2.57. The zero-order valence-corrected chi connectivity index (χ0v) is 12.4. The van der Waals surface area contributed by atoms with E-state index in [9.17, 15) is 13.6 Å². The minimum absolute atomic E-state index is 0.275. The Morgan fingerprint density at radius 3 is 2.71 bits per heavy atom. The van der Waals surface area contributed by atoms with Crippen LogP contribution in [0.4, 0.5) is 8.78 Å². The van der Waals surface area contributed by atoms with Crippen LogP contribution in [0, 0.1) is 5.41 Å². The summed E-state index contributed by atoms with van der Waals surface area (Å²) in [6.07, 6.45) is 0.466. The van der Waals surface area contributed by atoms with Gasteiger partial charge < -0.3 is 11.1 Å². The molecule has 1 aliphatic carbocycles. The first-order valence-corrected chi connectivity index (χ1v) is 7.37. The molecule has 2 rings (SSSR count). The van der Waals surface area contributed by atoms with Crippen molar-refractivity contribution in [2.75, 3.05) is 13.1 Å². The highest BCUT2D eigenvalue weighted by atomic mass is 35.5. The van der Waals surface area contributed by atoms with Gasteiger partial charge in [-0.2, -0.15) is 0 Å². The molecule has 0 unspecified atom stereocenters. The quantitative estimate of drug-likeness (QED) is 0.724. The summed E-state index contributed by atoms with van der Waals surface area (Å²) in [5.74, 6) is -0.275. The first kappa shape index (κ1) is 16.2. The number of carbonyl (C=O) groups is 1. The van der Waals surface area contributed by atoms with Crippen molar-refractivity contribution in [3.05, 3.63) is 34.3 Å². The molecule has 3 N–H and O–H groups in total. The van der Waals surface area contributed by atoms with Crippen LogP contribution in [0.1, 0.15) is 24.0 Å². The summed E-state index contributed by atoms with van der Waals surface area (Å²) in [5, 5.41) is 3.31. The maximum Gasteiger partial charge on any atom is 0.250 e. The Morgan fingerprint density at radius 2 is 2.14 bits per heavy atom. The van der Waals surface area contributed by atoms with Gasteiger partial charge in [0.1, 0.15) is 0 Å². The Kier molecular flexibility index (Phi) is 5.17. The summed E-state index contributed by atoms with van der Waals surface area (Å²) >= 11 is 6.17. The van der Waals surface area contributed by atoms with Gasteiger partial charge in [0.05, 0.1) is 12.0 Å². The van der Waals surface area contributed by atoms with Gasteiger partial charge in [-0.3, -0.25) is 4.79 Å². The molecule has 0 radical (unpaired) electrons. The van der Waals surface area contributed by atoms with E-state index in [1.165, 1.54) is 0 Å². The fourth-order valence-electron chi connectivity index (χ4n) is 2.39. The maximum atomic E-state index is 12.0. The molecule has 1 saturated carbocycles. The molecule has 116 valence electrons. The van der Waals surface area contributed by atoms with Crippen molar-refractivity contribution in [1.82, 2.24) is 5.32 Å². The Bertz CT molecular complexity index is 518. The Hall–Kier alpha value is -1.20. The van der Waals surface area contributed by atoms with Gasteiger partial charge >= 0.3 is 0 Å². The van der Waals surface area contributed by atoms with Crippen molar-refractivity contribution < 1.29 is 13.6 Å². The predicted molar refractivity (Wildman–Crippen MR) is 78.6 cm³/mol. The Balaban J connectivity index is 1.96. The van der Waals surface area contributed by atoms with Gasteiger partial charge in [-0.1, -0.05) is 23.7 Å². The number of hydrogen-bond donors (Lipinski definition) is 2. The monoisotopic (exact) mass is 316 g/mol. The third-order valence-corrected chi connectivity index (χ3v) is 4.27. The van der Waals surface area contributed by atoms with Crippen LogP contribution in [0.3, 0.4) is 0 Å². The van der Waals surface area contributed by atoms with E-state index in [1.54, 1.807) is 6.07 Å². The lowest BCUT2D eigenvalue weighted by Gasteiger charge is -2.13. The lowest BCUT2D eigenvalue weighted by Crippen LogP contribution is -2.26. The fraction of sp³-hybridized carbons (Fsp3) is 0.533. The van der Waals surface area contributed by atoms with E-state index in [2.05, 4.69) is 5.32 Å². The lowest BCUT2D eigenvalue weighted by atomic mass is 9.94. The van der Waals surface area contributed by atoms with Crippen LogP contribution in [0.2, 0.25) is 5.02 Å². The van der Waals surface area contributed by atoms with Gasteiger partial charge in [0, 0.05) is 5.02 Å². The molecular weight excluding hydrogens is 298 g/mol. The minimum atomic E-state index is -2.34. The highest BCUT2D eigenvalue weighted by molar-refractivity contribution is 6.31. The Labute approximate surface area is 127 Å². The van der Waals surface area contributed by atoms with Crippen molar-refractivity contribution in [1.29, 1.82) is 0 Å². The molecule has 0 bridgehead atoms. The van der Waals surface area contributed by atoms with Gasteiger partial charge in [0.25, 0.3) is 6.43 Å². The molecule has 0 aromatic heterocycles. The van der Waals surface area contributed by atoms with Crippen molar-refractivity contribution in [3.8, 4) is 0 Å². The number of amides is 1. The van der Waals surface area contributed by atoms with E-state index in [4.69, 9.17) is 17.3 Å². The number of carbonyl (C=O) groups excluding carboxylic acids is 1. The van der Waals surface area contributed by atoms with Gasteiger partial charge in [0.15, 0.2) is 0 Å². The summed E-state index contributed by atoms with van der Waals surface area (Å²) in [6, 6.07) is 5.60. The lowest BCUT2D eigenvalue weighted by molar-refractivity contribution is -0.123. The van der Waals surface area contributed by atoms with Gasteiger partial charge in [-0.15, -0.1) is 0 Å². The normalized spacial score (nSPS) is 16.2. The van der Waals surface area contributed by atoms with Crippen LogP contribution >= 0.6 is 11.6 Å². The van der Waals surface area contributed by atoms with Crippen molar-refractivity contribution in [2.45, 2.75) is 32.1 Å². The third kappa shape index (κ3) is 4.38. The number of nitrogens with one attached hydrogen (secondary N) is 1. The molecule has 0 aliphatic heterocycles. The summed E-state index contributed by atoms with van der Waals surface area (Å²) in [7, 11) is 0. The third-order valence-electron chi connectivity index (χ3n) is 3.90. The highest BCUT2D eigenvalue weighted by Gasteiger charge is 2.48. The van der Waals surface area contributed by atoms with Crippen LogP contribution in [0.15, 0.2) is 18.2 Å². The zero-order valence-electron chi connectivity index (χ0n) is 11.7. The van der Waals surface area contributed by atoms with Gasteiger partial charge in [0.2, 0.25) is 5.91 Å². The molecule has 0 heterocycles. The number of alkyl halides is 2. The van der Waals surface area contributed by atoms with Gasteiger partial charge in [-0.05, 0) is 49.4 Å². The number of benzene rings is 1.